The molecule has 164 valence electrons. The van der Waals surface area contributed by atoms with Crippen molar-refractivity contribution in [2.24, 2.45) is 0 Å². The Balaban J connectivity index is 0. The minimum absolute atomic E-state index is 1.84. The van der Waals surface area contributed by atoms with Crippen LogP contribution in [0.15, 0.2) is 0 Å². The third kappa shape index (κ3) is 8.50. The van der Waals surface area contributed by atoms with E-state index in [4.69, 9.17) is 61.3 Å². The summed E-state index contributed by atoms with van der Waals surface area (Å²) in [5, 5.41) is 103. The zero-order valence-electron chi connectivity index (χ0n) is 13.6. The van der Waals surface area contributed by atoms with Crippen molar-refractivity contribution in [3.05, 3.63) is 0 Å². The minimum Gasteiger partial charge on any atom is -0.479 e. The molecule has 0 aromatic rings. The van der Waals surface area contributed by atoms with Gasteiger partial charge in [0.1, 0.15) is 24.4 Å². The van der Waals surface area contributed by atoms with E-state index in [1.165, 1.54) is 0 Å². The highest BCUT2D eigenvalue weighted by Gasteiger charge is 2.38. The van der Waals surface area contributed by atoms with Gasteiger partial charge in [0.05, 0.1) is 0 Å². The largest absolute Gasteiger partial charge is 0.479 e. The van der Waals surface area contributed by atoms with E-state index in [0.717, 1.165) is 0 Å². The molecule has 0 saturated carbocycles. The zero-order valence-corrected chi connectivity index (χ0v) is 13.6. The van der Waals surface area contributed by atoms with E-state index < -0.39 is 72.7 Å². The summed E-state index contributed by atoms with van der Waals surface area (Å²) in [4.78, 5) is 40.3. The third-order valence-electron chi connectivity index (χ3n) is 3.01. The van der Waals surface area contributed by atoms with Gasteiger partial charge in [0.25, 0.3) is 0 Å². The first kappa shape index (κ1) is 27.8. The van der Waals surface area contributed by atoms with Gasteiger partial charge in [-0.1, -0.05) is 0 Å². The highest BCUT2D eigenvalue weighted by molar-refractivity contribution is 5.75. The lowest BCUT2D eigenvalue weighted by atomic mass is 10.0. The SMILES string of the molecule is O=C(O)C(O)C(O)C(O)C(O)C(=O)O.O=C(O)[C@@H](O)[C@H](O)[C@H](O)[C@@H](O)C(=O)O. The fourth-order valence-electron chi connectivity index (χ4n) is 1.33. The van der Waals surface area contributed by atoms with Crippen LogP contribution in [-0.2, 0) is 19.2 Å². The number of hydrogen-bond donors (Lipinski definition) is 12. The molecule has 0 aromatic carbocycles. The van der Waals surface area contributed by atoms with E-state index in [9.17, 15) is 19.2 Å². The first-order chi connectivity index (χ1) is 12.6. The first-order valence-corrected chi connectivity index (χ1v) is 6.93. The summed E-state index contributed by atoms with van der Waals surface area (Å²) < 4.78 is 0. The number of carboxylic acid groups (broad SMARTS) is 4. The van der Waals surface area contributed by atoms with Gasteiger partial charge in [-0.3, -0.25) is 0 Å². The van der Waals surface area contributed by atoms with Crippen molar-refractivity contribution in [2.45, 2.75) is 48.8 Å². The minimum atomic E-state index is -2.36. The normalized spacial score (nSPS) is 19.4. The Morgan fingerprint density at radius 1 is 0.357 bits per heavy atom. The lowest BCUT2D eigenvalue weighted by Gasteiger charge is -2.21. The molecule has 0 aliphatic rings. The number of aliphatic hydroxyl groups is 8. The van der Waals surface area contributed by atoms with Crippen LogP contribution in [0, 0.1) is 0 Å². The second-order valence-corrected chi connectivity index (χ2v) is 5.09. The average molecular weight is 420 g/mol. The highest BCUT2D eigenvalue weighted by Crippen LogP contribution is 2.06. The van der Waals surface area contributed by atoms with Gasteiger partial charge in [0.2, 0.25) is 0 Å². The van der Waals surface area contributed by atoms with Crippen molar-refractivity contribution >= 4 is 23.9 Å². The molecule has 0 spiro atoms. The summed E-state index contributed by atoms with van der Waals surface area (Å²) in [6.45, 7) is 0. The number of carboxylic acids is 4. The predicted molar refractivity (Wildman–Crippen MR) is 78.6 cm³/mol. The molecule has 12 N–H and O–H groups in total. The predicted octanol–water partition coefficient (Wildman–Crippen LogP) is -6.80. The van der Waals surface area contributed by atoms with Crippen molar-refractivity contribution in [1.29, 1.82) is 0 Å². The molecule has 28 heavy (non-hydrogen) atoms. The van der Waals surface area contributed by atoms with Gasteiger partial charge in [-0.05, 0) is 0 Å². The Hall–Kier alpha value is -2.44. The van der Waals surface area contributed by atoms with Gasteiger partial charge >= 0.3 is 23.9 Å². The molecule has 0 radical (unpaired) electrons. The van der Waals surface area contributed by atoms with Crippen LogP contribution in [0.1, 0.15) is 0 Å². The summed E-state index contributed by atoms with van der Waals surface area (Å²) in [5.41, 5.74) is 0. The van der Waals surface area contributed by atoms with Gasteiger partial charge < -0.3 is 61.3 Å². The molecule has 0 rings (SSSR count). The van der Waals surface area contributed by atoms with Crippen molar-refractivity contribution in [3.8, 4) is 0 Å². The Kier molecular flexibility index (Phi) is 12.0. The fourth-order valence-corrected chi connectivity index (χ4v) is 1.33. The summed E-state index contributed by atoms with van der Waals surface area (Å²) in [7, 11) is 0. The Morgan fingerprint density at radius 3 is 0.536 bits per heavy atom. The smallest absolute Gasteiger partial charge is 0.335 e. The maximum absolute atomic E-state index is 10.1. The van der Waals surface area contributed by atoms with Gasteiger partial charge in [0, 0.05) is 0 Å². The molecule has 16 heteroatoms. The summed E-state index contributed by atoms with van der Waals surface area (Å²) >= 11 is 0. The van der Waals surface area contributed by atoms with Crippen molar-refractivity contribution < 1.29 is 80.5 Å². The van der Waals surface area contributed by atoms with Crippen LogP contribution in [0.5, 0.6) is 0 Å². The first-order valence-electron chi connectivity index (χ1n) is 6.93. The van der Waals surface area contributed by atoms with Crippen LogP contribution < -0.4 is 0 Å². The maximum Gasteiger partial charge on any atom is 0.335 e. The van der Waals surface area contributed by atoms with Crippen LogP contribution in [0.25, 0.3) is 0 Å². The molecular formula is C12H20O16. The Labute approximate surface area is 154 Å². The molecular weight excluding hydrogens is 400 g/mol. The monoisotopic (exact) mass is 420 g/mol. The van der Waals surface area contributed by atoms with Crippen LogP contribution >= 0.6 is 0 Å². The Morgan fingerprint density at radius 2 is 0.464 bits per heavy atom. The van der Waals surface area contributed by atoms with E-state index in [2.05, 4.69) is 0 Å². The molecule has 0 aliphatic carbocycles. The van der Waals surface area contributed by atoms with Crippen LogP contribution in [0.2, 0.25) is 0 Å². The second-order valence-electron chi connectivity index (χ2n) is 5.09. The van der Waals surface area contributed by atoms with E-state index in [-0.39, 0.29) is 0 Å². The van der Waals surface area contributed by atoms with Crippen molar-refractivity contribution in [3.63, 3.8) is 0 Å². The zero-order chi connectivity index (χ0) is 22.9. The van der Waals surface area contributed by atoms with Gasteiger partial charge in [-0.2, -0.15) is 0 Å². The molecule has 0 saturated heterocycles. The standard InChI is InChI=1S/2C6H10O8/c2*7-1(3(9)5(11)12)2(8)4(10)6(13)14/h2*1-4,7-10H,(H,11,12)(H,13,14)/t1-,2+,3+,4-;. The number of aliphatic carboxylic acids is 4. The molecule has 0 amide bonds. The third-order valence-corrected chi connectivity index (χ3v) is 3.01. The van der Waals surface area contributed by atoms with Crippen molar-refractivity contribution in [2.75, 3.05) is 0 Å². The molecule has 16 nitrogen and oxygen atoms in total. The molecule has 0 fully saturated rings. The van der Waals surface area contributed by atoms with E-state index in [1.807, 2.05) is 0 Å². The summed E-state index contributed by atoms with van der Waals surface area (Å²) in [5.74, 6) is -7.36. The van der Waals surface area contributed by atoms with Gasteiger partial charge in [0.15, 0.2) is 24.4 Å². The number of carbonyl (C=O) groups is 4. The summed E-state index contributed by atoms with van der Waals surface area (Å²) in [6, 6.07) is 0. The number of aliphatic hydroxyl groups excluding tert-OH is 8. The van der Waals surface area contributed by atoms with Crippen molar-refractivity contribution in [1.82, 2.24) is 0 Å². The quantitative estimate of drug-likeness (QED) is 0.156. The highest BCUT2D eigenvalue weighted by atomic mass is 16.4. The lowest BCUT2D eigenvalue weighted by molar-refractivity contribution is -0.172. The number of rotatable bonds is 10. The van der Waals surface area contributed by atoms with Crippen LogP contribution in [-0.4, -0.2) is 134 Å². The van der Waals surface area contributed by atoms with Gasteiger partial charge in [-0.15, -0.1) is 0 Å². The second kappa shape index (κ2) is 12.1. The summed E-state index contributed by atoms with van der Waals surface area (Å²) in [6.07, 6.45) is -18.6. The molecule has 0 heterocycles. The van der Waals surface area contributed by atoms with Gasteiger partial charge in [-0.25, -0.2) is 19.2 Å². The fraction of sp³-hybridized carbons (Fsp3) is 0.667. The molecule has 0 aliphatic heterocycles. The van der Waals surface area contributed by atoms with Crippen LogP contribution in [0.3, 0.4) is 0 Å². The van der Waals surface area contributed by atoms with E-state index in [1.54, 1.807) is 0 Å². The molecule has 0 aromatic heterocycles. The maximum atomic E-state index is 10.1. The lowest BCUT2D eigenvalue weighted by Crippen LogP contribution is -2.49. The topological polar surface area (TPSA) is 311 Å². The number of hydrogen-bond acceptors (Lipinski definition) is 12. The van der Waals surface area contributed by atoms with E-state index >= 15 is 0 Å². The molecule has 8 atom stereocenters. The van der Waals surface area contributed by atoms with E-state index in [0.29, 0.717) is 0 Å². The average Bonchev–Trinajstić information content (AvgIpc) is 2.62. The molecule has 0 bridgehead atoms. The Bertz CT molecular complexity index is 452. The van der Waals surface area contributed by atoms with Crippen LogP contribution in [0.4, 0.5) is 0 Å². The molecule has 4 unspecified atom stereocenters.